The molecule has 1 fully saturated rings. The SMILES string of the molecule is COc1cccc(NC(=O)CSc2ccccc2C(=O)OC(C)C(=O)N2CC(C)OC(C)C2)c1. The number of nitrogens with zero attached hydrogens (tertiary/aromatic N) is 1. The molecule has 1 aliphatic rings. The van der Waals surface area contributed by atoms with Gasteiger partial charge in [0.2, 0.25) is 5.91 Å². The minimum Gasteiger partial charge on any atom is -0.497 e. The van der Waals surface area contributed by atoms with E-state index in [0.717, 1.165) is 0 Å². The number of methoxy groups -OCH3 is 1. The number of nitrogens with one attached hydrogen (secondary N) is 1. The van der Waals surface area contributed by atoms with Crippen LogP contribution in [0.25, 0.3) is 0 Å². The van der Waals surface area contributed by atoms with E-state index in [1.54, 1.807) is 67.5 Å². The van der Waals surface area contributed by atoms with Gasteiger partial charge < -0.3 is 24.4 Å². The minimum absolute atomic E-state index is 0.0733. The molecule has 1 aliphatic heterocycles. The molecule has 1 saturated heterocycles. The van der Waals surface area contributed by atoms with Crippen molar-refractivity contribution in [1.82, 2.24) is 4.90 Å². The third kappa shape index (κ3) is 6.98. The first-order chi connectivity index (χ1) is 16.3. The largest absolute Gasteiger partial charge is 0.497 e. The summed E-state index contributed by atoms with van der Waals surface area (Å²) in [7, 11) is 1.56. The second-order valence-corrected chi connectivity index (χ2v) is 9.13. The molecule has 0 aromatic heterocycles. The topological polar surface area (TPSA) is 94.2 Å². The monoisotopic (exact) mass is 486 g/mol. The first-order valence-corrected chi connectivity index (χ1v) is 12.1. The van der Waals surface area contributed by atoms with Gasteiger partial charge in [0.1, 0.15) is 5.75 Å². The van der Waals surface area contributed by atoms with Crippen LogP contribution in [0.1, 0.15) is 31.1 Å². The second-order valence-electron chi connectivity index (χ2n) is 8.11. The summed E-state index contributed by atoms with van der Waals surface area (Å²) in [6.45, 7) is 6.30. The summed E-state index contributed by atoms with van der Waals surface area (Å²) in [6.07, 6.45) is -1.08. The highest BCUT2D eigenvalue weighted by atomic mass is 32.2. The lowest BCUT2D eigenvalue weighted by atomic mass is 10.2. The smallest absolute Gasteiger partial charge is 0.340 e. The number of esters is 1. The molecule has 2 amide bonds. The minimum atomic E-state index is -0.931. The van der Waals surface area contributed by atoms with Gasteiger partial charge in [0.25, 0.3) is 5.91 Å². The lowest BCUT2D eigenvalue weighted by molar-refractivity contribution is -0.151. The van der Waals surface area contributed by atoms with Gasteiger partial charge in [-0.05, 0) is 45.0 Å². The maximum Gasteiger partial charge on any atom is 0.340 e. The molecule has 1 heterocycles. The summed E-state index contributed by atoms with van der Waals surface area (Å²) in [6, 6.07) is 13.9. The van der Waals surface area contributed by atoms with Gasteiger partial charge in [0.15, 0.2) is 6.10 Å². The lowest BCUT2D eigenvalue weighted by Crippen LogP contribution is -2.51. The van der Waals surface area contributed by atoms with Crippen LogP contribution in [0, 0.1) is 0 Å². The summed E-state index contributed by atoms with van der Waals surface area (Å²) in [5, 5.41) is 2.81. The predicted molar refractivity (Wildman–Crippen MR) is 130 cm³/mol. The van der Waals surface area contributed by atoms with Crippen LogP contribution in [0.15, 0.2) is 53.4 Å². The van der Waals surface area contributed by atoms with Crippen molar-refractivity contribution in [2.75, 3.05) is 31.3 Å². The average molecular weight is 487 g/mol. The third-order valence-corrected chi connectivity index (χ3v) is 6.26. The molecule has 182 valence electrons. The molecule has 0 bridgehead atoms. The number of benzene rings is 2. The lowest BCUT2D eigenvalue weighted by Gasteiger charge is -2.36. The van der Waals surface area contributed by atoms with Crippen molar-refractivity contribution in [1.29, 1.82) is 0 Å². The van der Waals surface area contributed by atoms with Crippen LogP contribution in [0.5, 0.6) is 5.75 Å². The normalized spacial score (nSPS) is 18.6. The van der Waals surface area contributed by atoms with E-state index < -0.39 is 12.1 Å². The van der Waals surface area contributed by atoms with Crippen molar-refractivity contribution >= 4 is 35.2 Å². The molecule has 3 rings (SSSR count). The number of morpholine rings is 1. The molecule has 0 radical (unpaired) electrons. The van der Waals surface area contributed by atoms with Gasteiger partial charge in [0.05, 0.1) is 30.6 Å². The number of carbonyl (C=O) groups is 3. The number of rotatable bonds is 8. The Bertz CT molecular complexity index is 1020. The molecule has 0 saturated carbocycles. The van der Waals surface area contributed by atoms with Gasteiger partial charge in [-0.2, -0.15) is 0 Å². The number of anilines is 1. The molecule has 2 aromatic rings. The summed E-state index contributed by atoms with van der Waals surface area (Å²) in [5.74, 6) is -0.340. The Morgan fingerprint density at radius 2 is 1.82 bits per heavy atom. The number of carbonyl (C=O) groups excluding carboxylic acids is 3. The van der Waals surface area contributed by atoms with Crippen LogP contribution in [0.4, 0.5) is 5.69 Å². The molecular formula is C25H30N2O6S. The third-order valence-electron chi connectivity index (χ3n) is 5.18. The van der Waals surface area contributed by atoms with E-state index in [9.17, 15) is 14.4 Å². The Morgan fingerprint density at radius 1 is 1.12 bits per heavy atom. The van der Waals surface area contributed by atoms with Crippen molar-refractivity contribution in [3.05, 3.63) is 54.1 Å². The predicted octanol–water partition coefficient (Wildman–Crippen LogP) is 3.61. The van der Waals surface area contributed by atoms with E-state index in [4.69, 9.17) is 14.2 Å². The average Bonchev–Trinajstić information content (AvgIpc) is 2.81. The van der Waals surface area contributed by atoms with E-state index in [0.29, 0.717) is 35.0 Å². The van der Waals surface area contributed by atoms with E-state index in [1.165, 1.54) is 11.8 Å². The molecule has 2 aromatic carbocycles. The fourth-order valence-electron chi connectivity index (χ4n) is 3.69. The number of amides is 2. The Morgan fingerprint density at radius 3 is 2.53 bits per heavy atom. The molecule has 3 unspecified atom stereocenters. The van der Waals surface area contributed by atoms with E-state index in [1.807, 2.05) is 13.8 Å². The highest BCUT2D eigenvalue weighted by Gasteiger charge is 2.31. The standard InChI is InChI=1S/C25H30N2O6S/c1-16-13-27(14-17(2)32-16)24(29)18(3)33-25(30)21-10-5-6-11-22(21)34-15-23(28)26-19-8-7-9-20(12-19)31-4/h5-12,16-18H,13-15H2,1-4H3,(H,26,28). The van der Waals surface area contributed by atoms with Crippen LogP contribution >= 0.6 is 11.8 Å². The molecule has 1 N–H and O–H groups in total. The number of thioether (sulfide) groups is 1. The van der Waals surface area contributed by atoms with Crippen LogP contribution in [0.2, 0.25) is 0 Å². The van der Waals surface area contributed by atoms with Gasteiger partial charge in [-0.3, -0.25) is 9.59 Å². The molecule has 34 heavy (non-hydrogen) atoms. The highest BCUT2D eigenvalue weighted by Crippen LogP contribution is 2.25. The highest BCUT2D eigenvalue weighted by molar-refractivity contribution is 8.00. The Hall–Kier alpha value is -3.04. The molecule has 0 aliphatic carbocycles. The molecular weight excluding hydrogens is 456 g/mol. The van der Waals surface area contributed by atoms with E-state index in [-0.39, 0.29) is 29.8 Å². The van der Waals surface area contributed by atoms with Crippen LogP contribution in [-0.2, 0) is 19.1 Å². The zero-order chi connectivity index (χ0) is 24.7. The molecule has 0 spiro atoms. The van der Waals surface area contributed by atoms with Crippen LogP contribution in [-0.4, -0.2) is 66.9 Å². The van der Waals surface area contributed by atoms with Crippen molar-refractivity contribution < 1.29 is 28.6 Å². The van der Waals surface area contributed by atoms with E-state index in [2.05, 4.69) is 5.32 Å². The van der Waals surface area contributed by atoms with Crippen LogP contribution in [0.3, 0.4) is 0 Å². The van der Waals surface area contributed by atoms with Gasteiger partial charge in [-0.15, -0.1) is 11.8 Å². The first-order valence-electron chi connectivity index (χ1n) is 11.1. The quantitative estimate of drug-likeness (QED) is 0.450. The Labute approximate surface area is 203 Å². The van der Waals surface area contributed by atoms with E-state index >= 15 is 0 Å². The number of hydrogen-bond acceptors (Lipinski definition) is 7. The van der Waals surface area contributed by atoms with Gasteiger partial charge in [-0.25, -0.2) is 4.79 Å². The van der Waals surface area contributed by atoms with Gasteiger partial charge in [-0.1, -0.05) is 18.2 Å². The maximum atomic E-state index is 12.9. The second kappa shape index (κ2) is 11.9. The fourth-order valence-corrected chi connectivity index (χ4v) is 4.53. The fraction of sp³-hybridized carbons (Fsp3) is 0.400. The molecule has 3 atom stereocenters. The van der Waals surface area contributed by atoms with Crippen molar-refractivity contribution in [3.63, 3.8) is 0 Å². The van der Waals surface area contributed by atoms with Crippen molar-refractivity contribution in [3.8, 4) is 5.75 Å². The zero-order valence-corrected chi connectivity index (χ0v) is 20.6. The maximum absolute atomic E-state index is 12.9. The summed E-state index contributed by atoms with van der Waals surface area (Å²) < 4.78 is 16.3. The summed E-state index contributed by atoms with van der Waals surface area (Å²) >= 11 is 1.22. The molecule has 9 heteroatoms. The summed E-state index contributed by atoms with van der Waals surface area (Å²) in [4.78, 5) is 40.3. The summed E-state index contributed by atoms with van der Waals surface area (Å²) in [5.41, 5.74) is 0.932. The van der Waals surface area contributed by atoms with Crippen molar-refractivity contribution in [2.24, 2.45) is 0 Å². The zero-order valence-electron chi connectivity index (χ0n) is 19.8. The van der Waals surface area contributed by atoms with Gasteiger partial charge >= 0.3 is 5.97 Å². The molecule has 8 nitrogen and oxygen atoms in total. The number of ether oxygens (including phenoxy) is 3. The van der Waals surface area contributed by atoms with Crippen LogP contribution < -0.4 is 10.1 Å². The van der Waals surface area contributed by atoms with Gasteiger partial charge in [0, 0.05) is 29.7 Å². The Balaban J connectivity index is 1.58. The van der Waals surface area contributed by atoms with Crippen molar-refractivity contribution in [2.45, 2.75) is 44.0 Å². The first kappa shape index (κ1) is 25.6. The number of hydrogen-bond donors (Lipinski definition) is 1. The Kier molecular flexibility index (Phi) is 8.95.